The van der Waals surface area contributed by atoms with Crippen molar-refractivity contribution in [3.8, 4) is 16.5 Å². The van der Waals surface area contributed by atoms with E-state index in [2.05, 4.69) is 11.9 Å². The highest BCUT2D eigenvalue weighted by Crippen LogP contribution is 2.45. The van der Waals surface area contributed by atoms with Gasteiger partial charge in [-0.2, -0.15) is 5.06 Å². The number of rotatable bonds is 12. The maximum absolute atomic E-state index is 14.3. The average Bonchev–Trinajstić information content (AvgIpc) is 3.39. The molecule has 2 aromatic carbocycles. The summed E-state index contributed by atoms with van der Waals surface area (Å²) in [6.45, 7) is 6.71. The lowest BCUT2D eigenvalue weighted by Gasteiger charge is -2.33. The van der Waals surface area contributed by atoms with E-state index in [4.69, 9.17) is 19.4 Å². The third kappa shape index (κ3) is 6.89. The van der Waals surface area contributed by atoms with Crippen LogP contribution in [0, 0.1) is 11.8 Å². The maximum Gasteiger partial charge on any atom is 0.434 e. The van der Waals surface area contributed by atoms with Gasteiger partial charge in [0.2, 0.25) is 17.7 Å². The van der Waals surface area contributed by atoms with Gasteiger partial charge in [0, 0.05) is 12.3 Å². The summed E-state index contributed by atoms with van der Waals surface area (Å²) in [6.07, 6.45) is -0.330. The molecule has 0 bridgehead atoms. The van der Waals surface area contributed by atoms with Crippen LogP contribution in [0.3, 0.4) is 0 Å². The number of ether oxygens (including phenoxy) is 2. The number of thiophene rings is 1. The van der Waals surface area contributed by atoms with Gasteiger partial charge in [0.1, 0.15) is 36.0 Å². The van der Waals surface area contributed by atoms with Crippen LogP contribution in [0.15, 0.2) is 84.8 Å². The number of para-hydroxylation sites is 2. The van der Waals surface area contributed by atoms with Crippen molar-refractivity contribution in [2.75, 3.05) is 6.54 Å². The van der Waals surface area contributed by atoms with Crippen LogP contribution < -0.4 is 10.1 Å². The molecule has 2 aromatic heterocycles. The number of likely N-dealkylation sites (tertiary alicyclic amines) is 1. The van der Waals surface area contributed by atoms with Crippen LogP contribution in [0.1, 0.15) is 32.3 Å². The molecule has 1 aliphatic heterocycles. The van der Waals surface area contributed by atoms with Gasteiger partial charge in [0.05, 0.1) is 22.5 Å². The Kier molecular flexibility index (Phi) is 9.84. The first-order valence-corrected chi connectivity index (χ1v) is 17.0. The molecule has 1 saturated carbocycles. The second-order valence-corrected chi connectivity index (χ2v) is 13.7. The minimum absolute atomic E-state index is 0.0287. The van der Waals surface area contributed by atoms with Crippen molar-refractivity contribution < 1.29 is 39.0 Å². The molecule has 13 nitrogen and oxygen atoms in total. The number of carbonyl (C=O) groups is 4. The Bertz CT molecular complexity index is 1900. The van der Waals surface area contributed by atoms with Crippen molar-refractivity contribution in [3.63, 3.8) is 0 Å². The first-order chi connectivity index (χ1) is 24.0. The lowest BCUT2D eigenvalue weighted by molar-refractivity contribution is -0.163. The highest BCUT2D eigenvalue weighted by molar-refractivity contribution is 7.13. The summed E-state index contributed by atoms with van der Waals surface area (Å²) in [7, 11) is 0. The number of aliphatic carboxylic acids is 1. The molecular weight excluding hydrogens is 662 g/mol. The summed E-state index contributed by atoms with van der Waals surface area (Å²) in [4.78, 5) is 65.0. The molecule has 5 atom stereocenters. The standard InChI is InChI=1S/C36H37N5O8S/c1-4-23-18-36(23,34(44)45)39-31(42)27-17-24(49-32-29(28-15-10-16-50-28)37-25-13-8-9-14-26(25)38-32)19-40(27)33(43)30(21(2)3)41(47)35(46)48-20-22-11-6-5-7-12-22/h4-16,21,23-24,27,30,47H,1,17-20H2,2-3H3,(H,39,42)(H,44,45)/t23-,24-,27+,30?,36?/m1/s1. The molecule has 260 valence electrons. The molecule has 50 heavy (non-hydrogen) atoms. The lowest BCUT2D eigenvalue weighted by atomic mass is 10.0. The van der Waals surface area contributed by atoms with Gasteiger partial charge in [-0.1, -0.05) is 68.5 Å². The molecule has 14 heteroatoms. The topological polar surface area (TPSA) is 171 Å². The largest absolute Gasteiger partial charge is 0.479 e. The van der Waals surface area contributed by atoms with Gasteiger partial charge in [0.25, 0.3) is 0 Å². The zero-order valence-electron chi connectivity index (χ0n) is 27.5. The first-order valence-electron chi connectivity index (χ1n) is 16.2. The molecule has 3 heterocycles. The van der Waals surface area contributed by atoms with Crippen molar-refractivity contribution in [2.45, 2.75) is 57.0 Å². The Morgan fingerprint density at radius 1 is 1.08 bits per heavy atom. The van der Waals surface area contributed by atoms with Gasteiger partial charge >= 0.3 is 12.1 Å². The molecule has 0 radical (unpaired) electrons. The molecule has 2 unspecified atom stereocenters. The molecule has 0 spiro atoms. The van der Waals surface area contributed by atoms with Gasteiger partial charge < -0.3 is 24.8 Å². The van der Waals surface area contributed by atoms with Gasteiger partial charge in [-0.05, 0) is 41.5 Å². The van der Waals surface area contributed by atoms with E-state index >= 15 is 0 Å². The molecule has 1 saturated heterocycles. The number of hydrogen-bond acceptors (Lipinski definition) is 10. The van der Waals surface area contributed by atoms with Gasteiger partial charge in [-0.3, -0.25) is 14.8 Å². The smallest absolute Gasteiger partial charge is 0.434 e. The van der Waals surface area contributed by atoms with Gasteiger partial charge in [-0.25, -0.2) is 19.6 Å². The molecule has 2 fully saturated rings. The fraction of sp³-hybridized carbons (Fsp3) is 0.333. The van der Waals surface area contributed by atoms with Crippen LogP contribution in [-0.2, 0) is 25.7 Å². The van der Waals surface area contributed by atoms with Crippen molar-refractivity contribution in [1.82, 2.24) is 25.2 Å². The number of benzene rings is 2. The Morgan fingerprint density at radius 2 is 1.78 bits per heavy atom. The van der Waals surface area contributed by atoms with E-state index in [1.807, 2.05) is 41.8 Å². The normalized spacial score (nSPS) is 21.8. The molecule has 3 amide bonds. The van der Waals surface area contributed by atoms with Gasteiger partial charge in [0.15, 0.2) is 0 Å². The van der Waals surface area contributed by atoms with Crippen molar-refractivity contribution in [2.24, 2.45) is 11.8 Å². The molecule has 4 aromatic rings. The molecule has 3 N–H and O–H groups in total. The molecule has 1 aliphatic carbocycles. The Morgan fingerprint density at radius 3 is 2.40 bits per heavy atom. The SMILES string of the molecule is C=C[C@@H]1CC1(NC(=O)[C@@H]1C[C@@H](Oc2nc3ccccc3nc2-c2cccs2)CN1C(=O)C(C(C)C)N(O)C(=O)OCc1ccccc1)C(=O)O. The molecule has 6 rings (SSSR count). The minimum atomic E-state index is -1.55. The van der Waals surface area contributed by atoms with Crippen molar-refractivity contribution in [3.05, 3.63) is 90.3 Å². The minimum Gasteiger partial charge on any atom is -0.479 e. The average molecular weight is 700 g/mol. The fourth-order valence-electron chi connectivity index (χ4n) is 6.23. The van der Waals surface area contributed by atoms with Crippen LogP contribution in [0.25, 0.3) is 21.6 Å². The van der Waals surface area contributed by atoms with E-state index < -0.39 is 59.4 Å². The quantitative estimate of drug-likeness (QED) is 0.105. The van der Waals surface area contributed by atoms with E-state index in [0.29, 0.717) is 22.3 Å². The highest BCUT2D eigenvalue weighted by atomic mass is 32.1. The second-order valence-electron chi connectivity index (χ2n) is 12.7. The van der Waals surface area contributed by atoms with Crippen LogP contribution >= 0.6 is 11.3 Å². The van der Waals surface area contributed by atoms with E-state index in [1.165, 1.54) is 22.3 Å². The predicted molar refractivity (Wildman–Crippen MR) is 183 cm³/mol. The Balaban J connectivity index is 1.29. The summed E-state index contributed by atoms with van der Waals surface area (Å²) in [5, 5.41) is 25.8. The van der Waals surface area contributed by atoms with Crippen molar-refractivity contribution >= 4 is 46.2 Å². The molecular formula is C36H37N5O8S. The highest BCUT2D eigenvalue weighted by Gasteiger charge is 2.61. The number of nitrogens with zero attached hydrogens (tertiary/aromatic N) is 4. The first kappa shape index (κ1) is 34.5. The van der Waals surface area contributed by atoms with Crippen LogP contribution in [-0.4, -0.2) is 84.4 Å². The second kappa shape index (κ2) is 14.3. The summed E-state index contributed by atoms with van der Waals surface area (Å²) in [5.74, 6) is -3.56. The number of carboxylic acid groups (broad SMARTS) is 1. The van der Waals surface area contributed by atoms with E-state index in [0.717, 1.165) is 4.88 Å². The maximum atomic E-state index is 14.3. The summed E-state index contributed by atoms with van der Waals surface area (Å²) in [6, 6.07) is 17.3. The summed E-state index contributed by atoms with van der Waals surface area (Å²) >= 11 is 1.45. The third-order valence-electron chi connectivity index (χ3n) is 8.99. The number of carboxylic acids is 1. The number of carbonyl (C=O) groups excluding carboxylic acids is 3. The van der Waals surface area contributed by atoms with E-state index in [-0.39, 0.29) is 36.9 Å². The Hall–Kier alpha value is -5.34. The number of aromatic nitrogens is 2. The number of nitrogens with one attached hydrogen (secondary N) is 1. The van der Waals surface area contributed by atoms with Crippen molar-refractivity contribution in [1.29, 1.82) is 0 Å². The van der Waals surface area contributed by atoms with Crippen LogP contribution in [0.2, 0.25) is 0 Å². The fourth-order valence-corrected chi connectivity index (χ4v) is 6.94. The Labute approximate surface area is 292 Å². The van der Waals surface area contributed by atoms with Crippen LogP contribution in [0.4, 0.5) is 4.79 Å². The number of fused-ring (bicyclic) bond motifs is 1. The van der Waals surface area contributed by atoms with E-state index in [1.54, 1.807) is 44.2 Å². The number of amides is 3. The van der Waals surface area contributed by atoms with Crippen LogP contribution in [0.5, 0.6) is 5.88 Å². The zero-order valence-corrected chi connectivity index (χ0v) is 28.3. The zero-order chi connectivity index (χ0) is 35.6. The predicted octanol–water partition coefficient (Wildman–Crippen LogP) is 4.90. The third-order valence-corrected chi connectivity index (χ3v) is 9.86. The van der Waals surface area contributed by atoms with Gasteiger partial charge in [-0.15, -0.1) is 17.9 Å². The molecule has 2 aliphatic rings. The summed E-state index contributed by atoms with van der Waals surface area (Å²) < 4.78 is 11.7. The summed E-state index contributed by atoms with van der Waals surface area (Å²) in [5.41, 5.74) is 0.863. The monoisotopic (exact) mass is 699 g/mol. The number of hydrogen-bond donors (Lipinski definition) is 3. The van der Waals surface area contributed by atoms with E-state index in [9.17, 15) is 29.5 Å². The lowest BCUT2D eigenvalue weighted by Crippen LogP contribution is -2.57. The number of hydroxylamine groups is 2.